The largest absolute Gasteiger partial charge is 0.394 e. The van der Waals surface area contributed by atoms with Crippen LogP contribution in [0.3, 0.4) is 0 Å². The van der Waals surface area contributed by atoms with Crippen molar-refractivity contribution < 1.29 is 149 Å². The molecule has 0 saturated carbocycles. The van der Waals surface area contributed by atoms with Crippen LogP contribution in [0, 0.1) is 0 Å². The maximum atomic E-state index is 12.7. The highest BCUT2D eigenvalue weighted by Crippen LogP contribution is 2.35. The van der Waals surface area contributed by atoms with Gasteiger partial charge in [-0.3, -0.25) is 9.59 Å². The second-order valence-corrected chi connectivity index (χ2v) is 19.4. The number of aliphatic hydroxyl groups is 18. The molecule has 454 valence electrons. The van der Waals surface area contributed by atoms with E-state index in [-0.39, 0.29) is 5.82 Å². The van der Waals surface area contributed by atoms with Gasteiger partial charge in [-0.25, -0.2) is 4.98 Å². The molecule has 1 aromatic heterocycles. The summed E-state index contributed by atoms with van der Waals surface area (Å²) < 4.78 is 58.0. The molecule has 0 bridgehead atoms. The first-order valence-electron chi connectivity index (χ1n) is 25.1. The quantitative estimate of drug-likeness (QED) is 0.0457. The molecule has 0 aromatic carbocycles. The fourth-order valence-electron chi connectivity index (χ4n) is 9.51. The normalized spacial score (nSPS) is 42.6. The topological polar surface area (TPSA) is 540 Å². The number of ether oxygens (including phenoxy) is 10. The van der Waals surface area contributed by atoms with E-state index in [9.17, 15) is 102 Å². The van der Waals surface area contributed by atoms with Crippen LogP contribution in [0.4, 0.5) is 5.82 Å². The second kappa shape index (κ2) is 29.3. The van der Waals surface area contributed by atoms with Crippen molar-refractivity contribution in [1.29, 1.82) is 0 Å². The third-order valence-electron chi connectivity index (χ3n) is 13.8. The van der Waals surface area contributed by atoms with Crippen molar-refractivity contribution in [3.63, 3.8) is 0 Å². The van der Waals surface area contributed by atoms with Gasteiger partial charge in [-0.1, -0.05) is 6.07 Å². The molecule has 21 N–H and O–H groups in total. The fraction of sp³-hybridized carbons (Fsp3) is 0.844. The molecule has 0 aliphatic carbocycles. The van der Waals surface area contributed by atoms with Crippen LogP contribution < -0.4 is 16.0 Å². The minimum Gasteiger partial charge on any atom is -0.394 e. The van der Waals surface area contributed by atoms with Gasteiger partial charge in [-0.05, 0) is 12.1 Å². The standard InChI is InChI=1S/C45H74N4O30/c1-14(55)48-24-30(63)38(77-43-34(67)32(65)27(60)18(9-51)71-43)20(11-53)73-41(24)70-13-22-29(62)40(36(69)45(75-22)76-37(17(58)8-50)26(59)16(57)7-47-23-5-3-4-6-46-23)79-42-25(49-15(2)56)31(64)39(21(12-54)74-42)78-44-35(68)33(66)28(61)19(10-52)72-44/h3-6,16-22,24-45,50-54,57-69H,7-13H2,1-2H3,(H,46,47)(H,48,55)(H,49,56)/t16-,17+,18+,19+,20+,21+,22+,24+,25+,26+,27-,28-,29-,30+,31+,32-,33-,34+,35+,36+,37+,38+,39+,40-,41+,42-,43-,44-,45-/m0/s1. The number of hydrogen-bond acceptors (Lipinski definition) is 32. The van der Waals surface area contributed by atoms with E-state index in [0.29, 0.717) is 0 Å². The van der Waals surface area contributed by atoms with E-state index in [0.717, 1.165) is 13.8 Å². The first-order valence-corrected chi connectivity index (χ1v) is 25.1. The van der Waals surface area contributed by atoms with Gasteiger partial charge in [-0.15, -0.1) is 0 Å². The first-order chi connectivity index (χ1) is 37.5. The predicted octanol–water partition coefficient (Wildman–Crippen LogP) is -12.7. The molecule has 5 saturated heterocycles. The summed E-state index contributed by atoms with van der Waals surface area (Å²) in [5.74, 6) is -1.44. The molecule has 2 amide bonds. The zero-order chi connectivity index (χ0) is 58.2. The third-order valence-corrected chi connectivity index (χ3v) is 13.8. The maximum absolute atomic E-state index is 12.7. The minimum atomic E-state index is -2.32. The molecule has 0 unspecified atom stereocenters. The number of nitrogens with one attached hydrogen (secondary N) is 3. The van der Waals surface area contributed by atoms with Crippen molar-refractivity contribution in [2.75, 3.05) is 51.5 Å². The SMILES string of the molecule is CC(=O)N[C@H]1[C@H](OC[C@H]2O[C@@H](O[C@@H]([C@H](O)[C@@H](O)CNc3ccccn3)[C@H](O)CO)[C@H](O)[C@@H](O[C@@H]3O[C@H](CO)[C@@H](O[C@@H]4O[C@H](CO)[C@H](O)[C@H](O)[C@H]4O)[C@H](O)[C@H]3NC(C)=O)[C@H]2O)O[C@H](CO)[C@@H](O[C@@H]2O[C@H](CO)[C@H](O)[C@H](O)[C@H]2O)[C@@H]1O. The Balaban J connectivity index is 1.29. The molecular formula is C45H74N4O30. The van der Waals surface area contributed by atoms with E-state index < -0.39 is 236 Å². The average Bonchev–Trinajstić information content (AvgIpc) is 3.47. The predicted molar refractivity (Wildman–Crippen MR) is 250 cm³/mol. The van der Waals surface area contributed by atoms with Crippen LogP contribution in [0.1, 0.15) is 13.8 Å². The fourth-order valence-corrected chi connectivity index (χ4v) is 9.51. The van der Waals surface area contributed by atoms with Crippen LogP contribution in [0.2, 0.25) is 0 Å². The van der Waals surface area contributed by atoms with Crippen molar-refractivity contribution >= 4 is 17.6 Å². The van der Waals surface area contributed by atoms with Crippen molar-refractivity contribution in [2.24, 2.45) is 0 Å². The van der Waals surface area contributed by atoms with Gasteiger partial charge >= 0.3 is 0 Å². The molecule has 5 aliphatic rings. The van der Waals surface area contributed by atoms with E-state index in [2.05, 4.69) is 20.9 Å². The maximum Gasteiger partial charge on any atom is 0.217 e. The lowest BCUT2D eigenvalue weighted by Gasteiger charge is -2.50. The molecular weight excluding hydrogens is 1080 g/mol. The van der Waals surface area contributed by atoms with Gasteiger partial charge in [0.1, 0.15) is 146 Å². The summed E-state index contributed by atoms with van der Waals surface area (Å²) >= 11 is 0. The minimum absolute atomic E-state index is 0.247. The van der Waals surface area contributed by atoms with Gasteiger partial charge in [-0.2, -0.15) is 0 Å². The van der Waals surface area contributed by atoms with Crippen LogP contribution in [0.5, 0.6) is 0 Å². The number of aromatic nitrogens is 1. The summed E-state index contributed by atoms with van der Waals surface area (Å²) in [6.07, 6.45) is -50.6. The molecule has 34 nitrogen and oxygen atoms in total. The Kier molecular flexibility index (Phi) is 24.1. The number of rotatable bonds is 24. The van der Waals surface area contributed by atoms with Crippen LogP contribution >= 0.6 is 0 Å². The Morgan fingerprint density at radius 3 is 1.47 bits per heavy atom. The molecule has 0 radical (unpaired) electrons. The van der Waals surface area contributed by atoms with E-state index in [1.165, 1.54) is 12.3 Å². The van der Waals surface area contributed by atoms with Gasteiger partial charge in [0.15, 0.2) is 31.5 Å². The lowest BCUT2D eigenvalue weighted by atomic mass is 9.94. The molecule has 5 fully saturated rings. The number of amides is 2. The van der Waals surface area contributed by atoms with Crippen LogP contribution in [0.25, 0.3) is 0 Å². The van der Waals surface area contributed by atoms with E-state index in [1.807, 2.05) is 0 Å². The van der Waals surface area contributed by atoms with Crippen molar-refractivity contribution in [3.05, 3.63) is 24.4 Å². The number of carbonyl (C=O) groups is 2. The van der Waals surface area contributed by atoms with Gasteiger partial charge in [0.2, 0.25) is 11.8 Å². The highest BCUT2D eigenvalue weighted by molar-refractivity contribution is 5.73. The summed E-state index contributed by atoms with van der Waals surface area (Å²) in [4.78, 5) is 29.3. The monoisotopic (exact) mass is 1150 g/mol. The smallest absolute Gasteiger partial charge is 0.217 e. The summed E-state index contributed by atoms with van der Waals surface area (Å²) in [6.45, 7) is -4.30. The number of hydrogen-bond donors (Lipinski definition) is 21. The van der Waals surface area contributed by atoms with Crippen LogP contribution in [0.15, 0.2) is 24.4 Å². The molecule has 29 atom stereocenters. The third kappa shape index (κ3) is 15.3. The van der Waals surface area contributed by atoms with Crippen molar-refractivity contribution in [1.82, 2.24) is 15.6 Å². The van der Waals surface area contributed by atoms with Crippen LogP contribution in [-0.2, 0) is 57.0 Å². The Bertz CT molecular complexity index is 2010. The van der Waals surface area contributed by atoms with Gasteiger partial charge in [0, 0.05) is 26.6 Å². The summed E-state index contributed by atoms with van der Waals surface area (Å²) in [5.41, 5.74) is 0. The molecule has 6 heterocycles. The summed E-state index contributed by atoms with van der Waals surface area (Å²) in [6, 6.07) is 1.23. The lowest BCUT2D eigenvalue weighted by molar-refractivity contribution is -0.377. The zero-order valence-corrected chi connectivity index (χ0v) is 42.4. The molecule has 5 aliphatic heterocycles. The van der Waals surface area contributed by atoms with Crippen molar-refractivity contribution in [2.45, 2.75) is 192 Å². The average molecular weight is 1150 g/mol. The number of carbonyl (C=O) groups excluding carboxylic acids is 2. The number of anilines is 1. The molecule has 79 heavy (non-hydrogen) atoms. The highest BCUT2D eigenvalue weighted by atomic mass is 16.8. The van der Waals surface area contributed by atoms with E-state index in [1.54, 1.807) is 12.1 Å². The summed E-state index contributed by atoms with van der Waals surface area (Å²) in [7, 11) is 0. The van der Waals surface area contributed by atoms with Gasteiger partial charge in [0.25, 0.3) is 0 Å². The Morgan fingerprint density at radius 2 is 1.00 bits per heavy atom. The zero-order valence-electron chi connectivity index (χ0n) is 42.4. The second-order valence-electron chi connectivity index (χ2n) is 19.4. The van der Waals surface area contributed by atoms with Gasteiger partial charge in [0.05, 0.1) is 45.7 Å². The number of nitrogens with zero attached hydrogens (tertiary/aromatic N) is 1. The van der Waals surface area contributed by atoms with E-state index in [4.69, 9.17) is 47.4 Å². The van der Waals surface area contributed by atoms with Crippen molar-refractivity contribution in [3.8, 4) is 0 Å². The molecule has 0 spiro atoms. The molecule has 34 heteroatoms. The van der Waals surface area contributed by atoms with E-state index >= 15 is 0 Å². The number of aliphatic hydroxyl groups excluding tert-OH is 18. The van der Waals surface area contributed by atoms with Crippen LogP contribution in [-0.4, -0.2) is 333 Å². The highest BCUT2D eigenvalue weighted by Gasteiger charge is 2.57. The Labute approximate surface area is 449 Å². The Morgan fingerprint density at radius 1 is 0.532 bits per heavy atom. The number of pyridine rings is 1. The lowest BCUT2D eigenvalue weighted by Crippen LogP contribution is -2.70. The molecule has 1 aromatic rings. The van der Waals surface area contributed by atoms with Gasteiger partial charge < -0.3 is 155 Å². The first kappa shape index (κ1) is 64.9. The summed E-state index contributed by atoms with van der Waals surface area (Å²) in [5, 5.41) is 202. The molecule has 6 rings (SSSR count). The Hall–Kier alpha value is -3.23.